The minimum Gasteiger partial charge on any atom is -0.372 e. The molecule has 0 unspecified atom stereocenters. The van der Waals surface area contributed by atoms with Gasteiger partial charge in [0.15, 0.2) is 11.3 Å². The van der Waals surface area contributed by atoms with Crippen LogP contribution in [0.25, 0.3) is 10.4 Å². The number of aromatic nitrogens is 1. The second-order valence-corrected chi connectivity index (χ2v) is 6.56. The van der Waals surface area contributed by atoms with Gasteiger partial charge in [-0.25, -0.2) is 4.98 Å². The van der Waals surface area contributed by atoms with E-state index in [0.29, 0.717) is 13.2 Å². The Bertz CT molecular complexity index is 696. The van der Waals surface area contributed by atoms with Crippen LogP contribution in [0.4, 0.5) is 5.13 Å². The zero-order valence-corrected chi connectivity index (χ0v) is 12.9. The van der Waals surface area contributed by atoms with Crippen LogP contribution in [0.2, 0.25) is 0 Å². The molecule has 112 valence electrons. The van der Waals surface area contributed by atoms with Crippen LogP contribution < -0.4 is 4.90 Å². The Morgan fingerprint density at radius 1 is 1.27 bits per heavy atom. The third kappa shape index (κ3) is 2.32. The molecule has 1 aromatic heterocycles. The maximum atomic E-state index is 9.11. The van der Waals surface area contributed by atoms with Crippen molar-refractivity contribution in [1.29, 1.82) is 5.26 Å². The normalized spacial score (nSPS) is 24.1. The van der Waals surface area contributed by atoms with Gasteiger partial charge in [0.1, 0.15) is 0 Å². The summed E-state index contributed by atoms with van der Waals surface area (Å²) in [5, 5.41) is 10.1. The van der Waals surface area contributed by atoms with Crippen molar-refractivity contribution in [3.63, 3.8) is 0 Å². The molecule has 0 saturated carbocycles. The molecular formula is C16H16N4OS. The van der Waals surface area contributed by atoms with Crippen molar-refractivity contribution in [3.8, 4) is 16.6 Å². The van der Waals surface area contributed by atoms with E-state index in [-0.39, 0.29) is 12.1 Å². The number of hydrogen-bond donors (Lipinski definition) is 0. The Hall–Kier alpha value is -2.10. The van der Waals surface area contributed by atoms with Gasteiger partial charge in [-0.2, -0.15) is 5.26 Å². The Morgan fingerprint density at radius 2 is 2.14 bits per heavy atom. The minimum atomic E-state index is 0.109. The summed E-state index contributed by atoms with van der Waals surface area (Å²) < 4.78 is 5.82. The second kappa shape index (κ2) is 5.59. The third-order valence-corrected chi connectivity index (χ3v) is 5.32. The lowest BCUT2D eigenvalue weighted by Gasteiger charge is -2.36. The molecule has 0 N–H and O–H groups in total. The number of morpholine rings is 1. The fourth-order valence-corrected chi connectivity index (χ4v) is 4.15. The predicted molar refractivity (Wildman–Crippen MR) is 85.6 cm³/mol. The van der Waals surface area contributed by atoms with Crippen LogP contribution in [-0.4, -0.2) is 48.3 Å². The topological polar surface area (TPSA) is 52.4 Å². The van der Waals surface area contributed by atoms with Crippen molar-refractivity contribution >= 4 is 16.5 Å². The van der Waals surface area contributed by atoms with Gasteiger partial charge in [0.25, 0.3) is 0 Å². The summed E-state index contributed by atoms with van der Waals surface area (Å²) in [4.78, 5) is 9.88. The molecule has 0 amide bonds. The summed E-state index contributed by atoms with van der Waals surface area (Å²) in [6.45, 7) is 2.94. The van der Waals surface area contributed by atoms with E-state index in [4.69, 9.17) is 10.00 Å². The maximum absolute atomic E-state index is 9.11. The standard InChI is InChI=1S/C16H16N4OS/c17-11-19-9-13-14(10-19)21-7-6-20(13)16-18-8-15(22-16)12-4-2-1-3-5-12/h1-5,8,13-14H,6-7,9-10H2/t13-,14-/m0/s1. The molecule has 2 saturated heterocycles. The molecule has 0 spiro atoms. The van der Waals surface area contributed by atoms with Crippen LogP contribution in [0, 0.1) is 11.5 Å². The number of anilines is 1. The van der Waals surface area contributed by atoms with Crippen LogP contribution in [0.3, 0.4) is 0 Å². The quantitative estimate of drug-likeness (QED) is 0.796. The Balaban J connectivity index is 1.60. The van der Waals surface area contributed by atoms with Gasteiger partial charge >= 0.3 is 0 Å². The van der Waals surface area contributed by atoms with Crippen molar-refractivity contribution < 1.29 is 4.74 Å². The molecule has 2 aromatic rings. The Labute approximate surface area is 133 Å². The molecule has 5 nitrogen and oxygen atoms in total. The van der Waals surface area contributed by atoms with E-state index in [0.717, 1.165) is 18.2 Å². The average molecular weight is 312 g/mol. The van der Waals surface area contributed by atoms with Gasteiger partial charge in [0.05, 0.1) is 36.7 Å². The molecule has 4 rings (SSSR count). The van der Waals surface area contributed by atoms with E-state index in [2.05, 4.69) is 28.2 Å². The molecule has 3 heterocycles. The highest BCUT2D eigenvalue weighted by atomic mass is 32.1. The van der Waals surface area contributed by atoms with Crippen LogP contribution >= 0.6 is 11.3 Å². The van der Waals surface area contributed by atoms with Crippen molar-refractivity contribution in [2.24, 2.45) is 0 Å². The monoisotopic (exact) mass is 312 g/mol. The van der Waals surface area contributed by atoms with Gasteiger partial charge in [-0.1, -0.05) is 41.7 Å². The molecule has 6 heteroatoms. The Kier molecular flexibility index (Phi) is 3.45. The van der Waals surface area contributed by atoms with Crippen molar-refractivity contribution in [3.05, 3.63) is 36.5 Å². The number of hydrogen-bond acceptors (Lipinski definition) is 6. The zero-order valence-electron chi connectivity index (χ0n) is 12.1. The SMILES string of the molecule is N#CN1C[C@@H]2OCCN(c3ncc(-c4ccccc4)s3)[C@H]2C1. The molecule has 2 fully saturated rings. The Morgan fingerprint density at radius 3 is 2.95 bits per heavy atom. The third-order valence-electron chi connectivity index (χ3n) is 4.24. The molecular weight excluding hydrogens is 296 g/mol. The average Bonchev–Trinajstić information content (AvgIpc) is 3.22. The number of thiazole rings is 1. The van der Waals surface area contributed by atoms with Gasteiger partial charge in [-0.05, 0) is 5.56 Å². The van der Waals surface area contributed by atoms with E-state index >= 15 is 0 Å². The van der Waals surface area contributed by atoms with Gasteiger partial charge in [0.2, 0.25) is 0 Å². The summed E-state index contributed by atoms with van der Waals surface area (Å²) in [5.41, 5.74) is 1.20. The molecule has 0 radical (unpaired) electrons. The number of likely N-dealkylation sites (tertiary alicyclic amines) is 1. The summed E-state index contributed by atoms with van der Waals surface area (Å²) in [6.07, 6.45) is 4.28. The first-order valence-electron chi connectivity index (χ1n) is 7.39. The first-order chi connectivity index (χ1) is 10.8. The number of nitrogens with zero attached hydrogens (tertiary/aromatic N) is 4. The summed E-state index contributed by atoms with van der Waals surface area (Å²) in [7, 11) is 0. The number of fused-ring (bicyclic) bond motifs is 1. The highest BCUT2D eigenvalue weighted by Gasteiger charge is 2.41. The zero-order chi connectivity index (χ0) is 14.9. The van der Waals surface area contributed by atoms with E-state index in [1.54, 1.807) is 16.2 Å². The number of nitriles is 1. The van der Waals surface area contributed by atoms with E-state index < -0.39 is 0 Å². The minimum absolute atomic E-state index is 0.109. The van der Waals surface area contributed by atoms with Crippen LogP contribution in [-0.2, 0) is 4.74 Å². The molecule has 1 aromatic carbocycles. The second-order valence-electron chi connectivity index (χ2n) is 5.55. The van der Waals surface area contributed by atoms with Gasteiger partial charge in [0, 0.05) is 12.7 Å². The van der Waals surface area contributed by atoms with Crippen LogP contribution in [0.1, 0.15) is 0 Å². The largest absolute Gasteiger partial charge is 0.372 e. The van der Waals surface area contributed by atoms with Gasteiger partial charge < -0.3 is 14.5 Å². The van der Waals surface area contributed by atoms with Crippen LogP contribution in [0.15, 0.2) is 36.5 Å². The van der Waals surface area contributed by atoms with Crippen molar-refractivity contribution in [2.75, 3.05) is 31.1 Å². The van der Waals surface area contributed by atoms with Gasteiger partial charge in [-0.3, -0.25) is 0 Å². The van der Waals surface area contributed by atoms with Gasteiger partial charge in [-0.15, -0.1) is 0 Å². The maximum Gasteiger partial charge on any atom is 0.186 e. The lowest BCUT2D eigenvalue weighted by molar-refractivity contribution is 0.0326. The lowest BCUT2D eigenvalue weighted by Crippen LogP contribution is -2.50. The van der Waals surface area contributed by atoms with E-state index in [1.165, 1.54) is 10.4 Å². The van der Waals surface area contributed by atoms with Crippen molar-refractivity contribution in [1.82, 2.24) is 9.88 Å². The highest BCUT2D eigenvalue weighted by molar-refractivity contribution is 7.18. The van der Waals surface area contributed by atoms with E-state index in [1.807, 2.05) is 24.4 Å². The first kappa shape index (κ1) is 13.6. The number of ether oxygens (including phenoxy) is 1. The van der Waals surface area contributed by atoms with Crippen molar-refractivity contribution in [2.45, 2.75) is 12.1 Å². The molecule has 2 aliphatic rings. The summed E-state index contributed by atoms with van der Waals surface area (Å²) >= 11 is 1.71. The van der Waals surface area contributed by atoms with Crippen LogP contribution in [0.5, 0.6) is 0 Å². The highest BCUT2D eigenvalue weighted by Crippen LogP contribution is 2.34. The molecule has 0 bridgehead atoms. The predicted octanol–water partition coefficient (Wildman–Crippen LogP) is 2.18. The molecule has 2 atom stereocenters. The first-order valence-corrected chi connectivity index (χ1v) is 8.21. The molecule has 22 heavy (non-hydrogen) atoms. The molecule has 2 aliphatic heterocycles. The number of benzene rings is 1. The van der Waals surface area contributed by atoms with E-state index in [9.17, 15) is 0 Å². The fourth-order valence-electron chi connectivity index (χ4n) is 3.14. The summed E-state index contributed by atoms with van der Waals surface area (Å²) in [5.74, 6) is 0. The fraction of sp³-hybridized carbons (Fsp3) is 0.375. The molecule has 0 aliphatic carbocycles. The number of rotatable bonds is 2. The smallest absolute Gasteiger partial charge is 0.186 e. The summed E-state index contributed by atoms with van der Waals surface area (Å²) in [6, 6.07) is 10.5. The lowest BCUT2D eigenvalue weighted by atomic mass is 10.1.